The molecule has 0 spiro atoms. The van der Waals surface area contributed by atoms with Gasteiger partial charge in [-0.05, 0) is 26.0 Å². The third-order valence-electron chi connectivity index (χ3n) is 4.92. The molecule has 0 aromatic heterocycles. The molecule has 3 amide bonds. The van der Waals surface area contributed by atoms with Crippen molar-refractivity contribution in [1.82, 2.24) is 10.6 Å². The number of benzene rings is 1. The van der Waals surface area contributed by atoms with Gasteiger partial charge in [0.1, 0.15) is 30.3 Å². The quantitative estimate of drug-likeness (QED) is 0.379. The molecule has 202 valence electrons. The maximum Gasteiger partial charge on any atom is 0.455 e. The van der Waals surface area contributed by atoms with E-state index in [0.717, 1.165) is 24.4 Å². The van der Waals surface area contributed by atoms with E-state index in [1.807, 2.05) is 0 Å². The first-order chi connectivity index (χ1) is 16.2. The van der Waals surface area contributed by atoms with Crippen molar-refractivity contribution in [2.24, 2.45) is 0 Å². The number of anilines is 1. The molecule has 0 radical (unpaired) electrons. The first-order valence-corrected chi connectivity index (χ1v) is 9.78. The highest BCUT2D eigenvalue weighted by Crippen LogP contribution is 2.36. The Morgan fingerprint density at radius 3 is 2.19 bits per heavy atom. The minimum absolute atomic E-state index is 0.0333. The van der Waals surface area contributed by atoms with Crippen molar-refractivity contribution >= 4 is 23.4 Å². The number of halogens is 9. The molecule has 0 saturated carbocycles. The standard InChI is InChI=1S/C19H18F9N3O5/c1-8-12(30-15(34)16(2,35)14(33)29-6-17(21,22)19(26,27)28)13(32)31(7-18(23,24)25)10-5-9(20)3-4-11(10)36-8/h3-5,8,12,35H,6-7H2,1-2H3,(H,29,33)(H,30,34)/t8-,12+,16-/m1/s1. The predicted molar refractivity (Wildman–Crippen MR) is 101 cm³/mol. The average molecular weight is 539 g/mol. The van der Waals surface area contributed by atoms with Gasteiger partial charge < -0.3 is 20.5 Å². The SMILES string of the molecule is C[C@H]1Oc2ccc(F)cc2N(CC(F)(F)F)C(=O)[C@H]1NC(=O)[C@](C)(O)C(=O)NCC(F)(F)C(F)(F)F. The average Bonchev–Trinajstić information content (AvgIpc) is 2.80. The molecule has 1 aliphatic rings. The van der Waals surface area contributed by atoms with Crippen LogP contribution in [0, 0.1) is 5.82 Å². The zero-order chi connectivity index (χ0) is 27.9. The summed E-state index contributed by atoms with van der Waals surface area (Å²) >= 11 is 0. The topological polar surface area (TPSA) is 108 Å². The summed E-state index contributed by atoms with van der Waals surface area (Å²) in [5.74, 6) is -12.2. The summed E-state index contributed by atoms with van der Waals surface area (Å²) in [6.45, 7) is -2.84. The lowest BCUT2D eigenvalue weighted by atomic mass is 10.0. The summed E-state index contributed by atoms with van der Waals surface area (Å²) in [6, 6.07) is 0.227. The Balaban J connectivity index is 2.29. The first-order valence-electron chi connectivity index (χ1n) is 9.78. The van der Waals surface area contributed by atoms with Gasteiger partial charge in [0.25, 0.3) is 17.7 Å². The maximum atomic E-state index is 13.7. The Kier molecular flexibility index (Phi) is 7.78. The fourth-order valence-electron chi connectivity index (χ4n) is 2.93. The number of nitrogens with one attached hydrogen (secondary N) is 2. The van der Waals surface area contributed by atoms with E-state index in [1.165, 1.54) is 0 Å². The highest BCUT2D eigenvalue weighted by Gasteiger charge is 2.58. The summed E-state index contributed by atoms with van der Waals surface area (Å²) < 4.78 is 121. The number of carbonyl (C=O) groups is 3. The number of carbonyl (C=O) groups excluding carboxylic acids is 3. The fourth-order valence-corrected chi connectivity index (χ4v) is 2.93. The largest absolute Gasteiger partial charge is 0.486 e. The molecule has 3 atom stereocenters. The van der Waals surface area contributed by atoms with Crippen LogP contribution in [-0.2, 0) is 14.4 Å². The number of hydrogen-bond acceptors (Lipinski definition) is 5. The molecule has 0 aliphatic carbocycles. The second kappa shape index (κ2) is 9.67. The second-order valence-corrected chi connectivity index (χ2v) is 7.88. The van der Waals surface area contributed by atoms with Crippen molar-refractivity contribution in [2.45, 2.75) is 49.9 Å². The Morgan fingerprint density at radius 2 is 1.67 bits per heavy atom. The van der Waals surface area contributed by atoms with E-state index in [0.29, 0.717) is 13.0 Å². The molecule has 1 aromatic rings. The molecule has 8 nitrogen and oxygen atoms in total. The van der Waals surface area contributed by atoms with Crippen LogP contribution in [0.4, 0.5) is 45.2 Å². The van der Waals surface area contributed by atoms with E-state index in [1.54, 1.807) is 5.32 Å². The monoisotopic (exact) mass is 539 g/mol. The molecular formula is C19H18F9N3O5. The van der Waals surface area contributed by atoms with Gasteiger partial charge in [-0.3, -0.25) is 19.3 Å². The molecule has 0 fully saturated rings. The van der Waals surface area contributed by atoms with E-state index in [-0.39, 0.29) is 4.90 Å². The zero-order valence-corrected chi connectivity index (χ0v) is 18.2. The maximum absolute atomic E-state index is 13.7. The number of amides is 3. The summed E-state index contributed by atoms with van der Waals surface area (Å²) in [4.78, 5) is 37.4. The summed E-state index contributed by atoms with van der Waals surface area (Å²) in [6.07, 6.45) is -12.6. The summed E-state index contributed by atoms with van der Waals surface area (Å²) in [5.41, 5.74) is -4.01. The molecule has 1 heterocycles. The summed E-state index contributed by atoms with van der Waals surface area (Å²) in [7, 11) is 0. The van der Waals surface area contributed by atoms with Crippen molar-refractivity contribution in [3.05, 3.63) is 24.0 Å². The third kappa shape index (κ3) is 6.30. The van der Waals surface area contributed by atoms with E-state index < -0.39 is 84.1 Å². The number of nitrogens with zero attached hydrogens (tertiary/aromatic N) is 1. The molecule has 0 saturated heterocycles. The lowest BCUT2D eigenvalue weighted by Gasteiger charge is -2.30. The van der Waals surface area contributed by atoms with Gasteiger partial charge in [-0.2, -0.15) is 35.1 Å². The van der Waals surface area contributed by atoms with Gasteiger partial charge in [-0.25, -0.2) is 4.39 Å². The molecule has 2 rings (SSSR count). The van der Waals surface area contributed by atoms with Gasteiger partial charge in [-0.1, -0.05) is 0 Å². The molecular weight excluding hydrogens is 521 g/mol. The van der Waals surface area contributed by atoms with Crippen LogP contribution in [0.5, 0.6) is 5.75 Å². The van der Waals surface area contributed by atoms with Crippen LogP contribution in [-0.4, -0.2) is 71.9 Å². The summed E-state index contributed by atoms with van der Waals surface area (Å²) in [5, 5.41) is 12.9. The molecule has 36 heavy (non-hydrogen) atoms. The number of rotatable bonds is 6. The first kappa shape index (κ1) is 29.0. The van der Waals surface area contributed by atoms with Crippen LogP contribution < -0.4 is 20.3 Å². The van der Waals surface area contributed by atoms with Crippen molar-refractivity contribution in [3.63, 3.8) is 0 Å². The number of aliphatic hydroxyl groups is 1. The third-order valence-corrected chi connectivity index (χ3v) is 4.92. The van der Waals surface area contributed by atoms with Crippen LogP contribution in [0.2, 0.25) is 0 Å². The van der Waals surface area contributed by atoms with Gasteiger partial charge in [0.2, 0.25) is 5.60 Å². The lowest BCUT2D eigenvalue weighted by Crippen LogP contribution is -2.63. The Morgan fingerprint density at radius 1 is 1.08 bits per heavy atom. The molecule has 1 aliphatic heterocycles. The Labute approximate surface area is 196 Å². The van der Waals surface area contributed by atoms with E-state index in [2.05, 4.69) is 0 Å². The number of hydrogen-bond donors (Lipinski definition) is 3. The van der Waals surface area contributed by atoms with Crippen LogP contribution in [0.3, 0.4) is 0 Å². The zero-order valence-electron chi connectivity index (χ0n) is 18.2. The molecule has 17 heteroatoms. The number of ether oxygens (including phenoxy) is 1. The lowest BCUT2D eigenvalue weighted by molar-refractivity contribution is -0.278. The van der Waals surface area contributed by atoms with Gasteiger partial charge in [0.15, 0.2) is 0 Å². The van der Waals surface area contributed by atoms with E-state index in [4.69, 9.17) is 4.74 Å². The van der Waals surface area contributed by atoms with Crippen molar-refractivity contribution in [1.29, 1.82) is 0 Å². The molecule has 3 N–H and O–H groups in total. The fraction of sp³-hybridized carbons (Fsp3) is 0.526. The Hall–Kier alpha value is -3.24. The van der Waals surface area contributed by atoms with Crippen molar-refractivity contribution < 1.29 is 63.7 Å². The minimum atomic E-state index is -6.07. The van der Waals surface area contributed by atoms with E-state index >= 15 is 0 Å². The highest BCUT2D eigenvalue weighted by molar-refractivity contribution is 6.10. The van der Waals surface area contributed by atoms with Crippen LogP contribution in [0.25, 0.3) is 0 Å². The van der Waals surface area contributed by atoms with Crippen LogP contribution >= 0.6 is 0 Å². The number of alkyl halides is 8. The van der Waals surface area contributed by atoms with Gasteiger partial charge in [-0.15, -0.1) is 0 Å². The molecule has 0 bridgehead atoms. The van der Waals surface area contributed by atoms with Crippen LogP contribution in [0.1, 0.15) is 13.8 Å². The second-order valence-electron chi connectivity index (χ2n) is 7.88. The van der Waals surface area contributed by atoms with E-state index in [9.17, 15) is 59.0 Å². The molecule has 1 aromatic carbocycles. The smallest absolute Gasteiger partial charge is 0.455 e. The van der Waals surface area contributed by atoms with Crippen molar-refractivity contribution in [2.75, 3.05) is 18.0 Å². The predicted octanol–water partition coefficient (Wildman–Crippen LogP) is 2.05. The normalized spacial score (nSPS) is 20.6. The van der Waals surface area contributed by atoms with Gasteiger partial charge >= 0.3 is 18.3 Å². The molecule has 0 unspecified atom stereocenters. The minimum Gasteiger partial charge on any atom is -0.486 e. The number of fused-ring (bicyclic) bond motifs is 1. The highest BCUT2D eigenvalue weighted by atomic mass is 19.4. The van der Waals surface area contributed by atoms with Gasteiger partial charge in [0, 0.05) is 6.07 Å². The van der Waals surface area contributed by atoms with Crippen LogP contribution in [0.15, 0.2) is 18.2 Å². The van der Waals surface area contributed by atoms with Crippen molar-refractivity contribution in [3.8, 4) is 5.75 Å². The Bertz CT molecular complexity index is 1030. The van der Waals surface area contributed by atoms with Gasteiger partial charge in [0.05, 0.1) is 12.2 Å².